The number of fused-ring (bicyclic) bond motifs is 1. The number of carbonyl (C=O) groups is 1. The fourth-order valence-electron chi connectivity index (χ4n) is 3.56. The van der Waals surface area contributed by atoms with E-state index in [1.54, 1.807) is 30.1 Å². The third kappa shape index (κ3) is 5.59. The van der Waals surface area contributed by atoms with E-state index in [1.807, 2.05) is 31.3 Å². The van der Waals surface area contributed by atoms with Gasteiger partial charge in [0, 0.05) is 19.8 Å². The summed E-state index contributed by atoms with van der Waals surface area (Å²) in [4.78, 5) is 19.4. The van der Waals surface area contributed by atoms with Crippen LogP contribution >= 0.6 is 11.8 Å². The van der Waals surface area contributed by atoms with Gasteiger partial charge in [0.05, 0.1) is 17.8 Å². The molecule has 166 valence electrons. The second-order valence-corrected chi connectivity index (χ2v) is 8.77. The quantitative estimate of drug-likeness (QED) is 0.397. The van der Waals surface area contributed by atoms with Crippen molar-refractivity contribution in [1.29, 1.82) is 0 Å². The summed E-state index contributed by atoms with van der Waals surface area (Å²) in [7, 11) is 2.04. The number of nitrogens with zero attached hydrogens (tertiary/aromatic N) is 2. The number of pyridine rings is 1. The molecule has 1 aliphatic rings. The number of hydrogen-bond acceptors (Lipinski definition) is 5. The molecule has 1 N–H and O–H groups in total. The molecule has 3 aromatic rings. The molecule has 5 nitrogen and oxygen atoms in total. The number of carbonyl (C=O) groups excluding carboxylic acids is 1. The molecule has 2 aromatic carbocycles. The molecule has 0 unspecified atom stereocenters. The average molecular weight is 452 g/mol. The number of ether oxygens (including phenoxy) is 1. The van der Waals surface area contributed by atoms with Crippen LogP contribution < -0.4 is 15.0 Å². The lowest BCUT2D eigenvalue weighted by molar-refractivity contribution is 0.0947. The van der Waals surface area contributed by atoms with Gasteiger partial charge in [-0.05, 0) is 66.1 Å². The van der Waals surface area contributed by atoms with Gasteiger partial charge in [0.2, 0.25) is 0 Å². The number of hydrogen-bond donors (Lipinski definition) is 1. The Morgan fingerprint density at radius 1 is 1.19 bits per heavy atom. The minimum atomic E-state index is -0.219. The highest BCUT2D eigenvalue weighted by molar-refractivity contribution is 7.99. The summed E-state index contributed by atoms with van der Waals surface area (Å²) in [6.07, 6.45) is 3.48. The van der Waals surface area contributed by atoms with Crippen molar-refractivity contribution in [2.24, 2.45) is 0 Å². The molecule has 7 heteroatoms. The Hall–Kier alpha value is -3.06. The largest absolute Gasteiger partial charge is 0.490 e. The van der Waals surface area contributed by atoms with Crippen molar-refractivity contribution >= 4 is 23.4 Å². The third-order valence-corrected chi connectivity index (χ3v) is 6.44. The van der Waals surface area contributed by atoms with Gasteiger partial charge in [0.25, 0.3) is 5.91 Å². The van der Waals surface area contributed by atoms with Crippen molar-refractivity contribution in [3.63, 3.8) is 0 Å². The number of anilines is 1. The first-order valence-electron chi connectivity index (χ1n) is 10.7. The number of benzene rings is 2. The van der Waals surface area contributed by atoms with Gasteiger partial charge >= 0.3 is 0 Å². The Morgan fingerprint density at radius 3 is 2.84 bits per heavy atom. The molecule has 1 amide bonds. The number of aryl methyl sites for hydroxylation is 1. The topological polar surface area (TPSA) is 54.5 Å². The van der Waals surface area contributed by atoms with Crippen molar-refractivity contribution < 1.29 is 13.9 Å². The minimum Gasteiger partial charge on any atom is -0.490 e. The van der Waals surface area contributed by atoms with Crippen LogP contribution in [0.2, 0.25) is 0 Å². The number of aromatic nitrogens is 1. The van der Waals surface area contributed by atoms with Crippen LogP contribution in [0.1, 0.15) is 27.9 Å². The van der Waals surface area contributed by atoms with E-state index in [0.717, 1.165) is 52.7 Å². The van der Waals surface area contributed by atoms with Gasteiger partial charge in [0.1, 0.15) is 23.2 Å². The van der Waals surface area contributed by atoms with E-state index in [4.69, 9.17) is 4.74 Å². The standard InChI is InChI=1S/C25H26FN3O2S/c1-29-13-14-31-23-11-8-19(16-22(23)29)17-28-24(30)21-5-2-12-27-25(21)32-15-3-4-18-6-9-20(26)10-7-18/h2,5-12,16H,3-4,13-15,17H2,1H3,(H,28,30). The van der Waals surface area contributed by atoms with Crippen LogP contribution in [0.15, 0.2) is 65.8 Å². The molecule has 1 aromatic heterocycles. The molecule has 0 spiro atoms. The molecule has 1 aliphatic heterocycles. The molecule has 0 bridgehead atoms. The molecule has 32 heavy (non-hydrogen) atoms. The number of halogens is 1. The molecule has 0 atom stereocenters. The zero-order chi connectivity index (χ0) is 22.3. The molecule has 0 aliphatic carbocycles. The maximum atomic E-state index is 13.0. The van der Waals surface area contributed by atoms with Gasteiger partial charge in [-0.2, -0.15) is 0 Å². The van der Waals surface area contributed by atoms with Gasteiger partial charge in [-0.15, -0.1) is 11.8 Å². The van der Waals surface area contributed by atoms with E-state index in [-0.39, 0.29) is 11.7 Å². The van der Waals surface area contributed by atoms with Gasteiger partial charge in [-0.3, -0.25) is 4.79 Å². The maximum Gasteiger partial charge on any atom is 0.254 e. The maximum absolute atomic E-state index is 13.0. The van der Waals surface area contributed by atoms with E-state index in [9.17, 15) is 9.18 Å². The normalized spacial score (nSPS) is 12.8. The fourth-order valence-corrected chi connectivity index (χ4v) is 4.49. The lowest BCUT2D eigenvalue weighted by Crippen LogP contribution is -2.29. The van der Waals surface area contributed by atoms with E-state index < -0.39 is 0 Å². The highest BCUT2D eigenvalue weighted by Gasteiger charge is 2.16. The second kappa shape index (κ2) is 10.5. The number of likely N-dealkylation sites (N-methyl/N-ethyl adjacent to an activating group) is 1. The summed E-state index contributed by atoms with van der Waals surface area (Å²) in [5.74, 6) is 1.34. The summed E-state index contributed by atoms with van der Waals surface area (Å²) in [5.41, 5.74) is 3.75. The van der Waals surface area contributed by atoms with Crippen molar-refractivity contribution in [3.8, 4) is 5.75 Å². The second-order valence-electron chi connectivity index (χ2n) is 7.69. The molecular formula is C25H26FN3O2S. The first kappa shape index (κ1) is 22.1. The van der Waals surface area contributed by atoms with Crippen molar-refractivity contribution in [1.82, 2.24) is 10.3 Å². The number of rotatable bonds is 8. The van der Waals surface area contributed by atoms with Crippen LogP contribution in [0.4, 0.5) is 10.1 Å². The summed E-state index contributed by atoms with van der Waals surface area (Å²) in [6.45, 7) is 1.97. The van der Waals surface area contributed by atoms with Gasteiger partial charge in [-0.1, -0.05) is 18.2 Å². The number of thioether (sulfide) groups is 1. The lowest BCUT2D eigenvalue weighted by Gasteiger charge is -2.28. The first-order valence-corrected chi connectivity index (χ1v) is 11.7. The minimum absolute atomic E-state index is 0.138. The smallest absolute Gasteiger partial charge is 0.254 e. The number of amides is 1. The monoisotopic (exact) mass is 451 g/mol. The Bertz CT molecular complexity index is 1080. The van der Waals surface area contributed by atoms with E-state index in [2.05, 4.69) is 21.3 Å². The van der Waals surface area contributed by atoms with Crippen LogP contribution in [0.25, 0.3) is 0 Å². The molecule has 0 saturated carbocycles. The van der Waals surface area contributed by atoms with Crippen LogP contribution in [-0.2, 0) is 13.0 Å². The predicted octanol–water partition coefficient (Wildman–Crippen LogP) is 4.70. The van der Waals surface area contributed by atoms with Crippen LogP contribution in [0, 0.1) is 5.82 Å². The highest BCUT2D eigenvalue weighted by Crippen LogP contribution is 2.31. The van der Waals surface area contributed by atoms with Crippen LogP contribution in [0.5, 0.6) is 5.75 Å². The van der Waals surface area contributed by atoms with Crippen molar-refractivity contribution in [2.75, 3.05) is 30.9 Å². The lowest BCUT2D eigenvalue weighted by atomic mass is 10.1. The van der Waals surface area contributed by atoms with E-state index in [1.165, 1.54) is 12.1 Å². The Labute approximate surface area is 192 Å². The highest BCUT2D eigenvalue weighted by atomic mass is 32.2. The third-order valence-electron chi connectivity index (χ3n) is 5.35. The fraction of sp³-hybridized carbons (Fsp3) is 0.280. The average Bonchev–Trinajstić information content (AvgIpc) is 2.82. The molecule has 0 fully saturated rings. The van der Waals surface area contributed by atoms with Gasteiger partial charge in [-0.25, -0.2) is 9.37 Å². The molecule has 4 rings (SSSR count). The van der Waals surface area contributed by atoms with E-state index in [0.29, 0.717) is 18.7 Å². The molecule has 2 heterocycles. The van der Waals surface area contributed by atoms with Gasteiger partial charge in [0.15, 0.2) is 0 Å². The SMILES string of the molecule is CN1CCOc2ccc(CNC(=O)c3cccnc3SCCCc3ccc(F)cc3)cc21. The summed E-state index contributed by atoms with van der Waals surface area (Å²) in [6, 6.07) is 16.2. The molecule has 0 saturated heterocycles. The Balaban J connectivity index is 1.32. The van der Waals surface area contributed by atoms with Crippen LogP contribution in [-0.4, -0.2) is 36.8 Å². The van der Waals surface area contributed by atoms with E-state index >= 15 is 0 Å². The molecular weight excluding hydrogens is 425 g/mol. The van der Waals surface area contributed by atoms with Gasteiger partial charge < -0.3 is 15.0 Å². The van der Waals surface area contributed by atoms with Crippen molar-refractivity contribution in [2.45, 2.75) is 24.4 Å². The molecule has 0 radical (unpaired) electrons. The zero-order valence-electron chi connectivity index (χ0n) is 18.0. The number of nitrogens with one attached hydrogen (secondary N) is 1. The Morgan fingerprint density at radius 2 is 2.00 bits per heavy atom. The van der Waals surface area contributed by atoms with Crippen molar-refractivity contribution in [3.05, 3.63) is 83.3 Å². The predicted molar refractivity (Wildman–Crippen MR) is 126 cm³/mol. The zero-order valence-corrected chi connectivity index (χ0v) is 18.8. The Kier molecular flexibility index (Phi) is 7.27. The summed E-state index contributed by atoms with van der Waals surface area (Å²) in [5, 5.41) is 3.74. The summed E-state index contributed by atoms with van der Waals surface area (Å²) >= 11 is 1.57. The summed E-state index contributed by atoms with van der Waals surface area (Å²) < 4.78 is 18.7. The first-order chi connectivity index (χ1) is 15.6. The van der Waals surface area contributed by atoms with Crippen LogP contribution in [0.3, 0.4) is 0 Å².